The van der Waals surface area contributed by atoms with Crippen molar-refractivity contribution < 1.29 is 4.74 Å². The lowest BCUT2D eigenvalue weighted by atomic mass is 9.98. The zero-order valence-corrected chi connectivity index (χ0v) is 14.5. The van der Waals surface area contributed by atoms with Gasteiger partial charge in [-0.25, -0.2) is 0 Å². The van der Waals surface area contributed by atoms with Crippen molar-refractivity contribution in [3.05, 3.63) is 58.1 Å². The van der Waals surface area contributed by atoms with Crippen LogP contribution in [0.4, 0.5) is 0 Å². The molecule has 1 atom stereocenters. The van der Waals surface area contributed by atoms with E-state index in [0.717, 1.165) is 22.2 Å². The average Bonchev–Trinajstić information content (AvgIpc) is 2.47. The van der Waals surface area contributed by atoms with E-state index >= 15 is 0 Å². The molecule has 0 radical (unpaired) electrons. The van der Waals surface area contributed by atoms with E-state index in [1.165, 1.54) is 5.56 Å². The van der Waals surface area contributed by atoms with Gasteiger partial charge in [0.2, 0.25) is 0 Å². The van der Waals surface area contributed by atoms with Crippen LogP contribution in [0.1, 0.15) is 37.3 Å². The summed E-state index contributed by atoms with van der Waals surface area (Å²) in [6.07, 6.45) is 1.06. The van der Waals surface area contributed by atoms with Gasteiger partial charge in [0.15, 0.2) is 0 Å². The van der Waals surface area contributed by atoms with Crippen molar-refractivity contribution in [2.75, 3.05) is 0 Å². The summed E-state index contributed by atoms with van der Waals surface area (Å²) >= 11 is 8.55. The summed E-state index contributed by atoms with van der Waals surface area (Å²) in [5.41, 5.74) is 7.71. The molecule has 4 heteroatoms. The van der Waals surface area contributed by atoms with Crippen molar-refractivity contribution in [1.29, 1.82) is 0 Å². The van der Waals surface area contributed by atoms with Crippen molar-refractivity contribution in [3.63, 3.8) is 0 Å². The van der Waals surface area contributed by atoms with Crippen LogP contribution in [0.3, 0.4) is 0 Å². The zero-order valence-electron chi connectivity index (χ0n) is 12.1. The Bertz CT molecular complexity index is 657. The lowest BCUT2D eigenvalue weighted by Crippen LogP contribution is -2.11. The minimum Gasteiger partial charge on any atom is -0.456 e. The van der Waals surface area contributed by atoms with Crippen LogP contribution in [0.25, 0.3) is 0 Å². The number of rotatable bonds is 5. The van der Waals surface area contributed by atoms with Crippen LogP contribution in [-0.2, 0) is 0 Å². The van der Waals surface area contributed by atoms with Crippen LogP contribution in [-0.4, -0.2) is 4.99 Å². The number of para-hydroxylation sites is 1. The van der Waals surface area contributed by atoms with E-state index in [4.69, 9.17) is 22.7 Å². The molecule has 0 aliphatic heterocycles. The van der Waals surface area contributed by atoms with Gasteiger partial charge in [0.05, 0.1) is 5.56 Å². The van der Waals surface area contributed by atoms with Gasteiger partial charge >= 0.3 is 0 Å². The monoisotopic (exact) mass is 363 g/mol. The Morgan fingerprint density at radius 2 is 1.95 bits per heavy atom. The van der Waals surface area contributed by atoms with E-state index in [1.807, 2.05) is 36.4 Å². The number of halogens is 1. The molecule has 2 aromatic carbocycles. The molecule has 0 spiro atoms. The molecule has 0 aliphatic rings. The normalized spacial score (nSPS) is 12.0. The maximum Gasteiger partial charge on any atom is 0.138 e. The summed E-state index contributed by atoms with van der Waals surface area (Å²) in [7, 11) is 0. The van der Waals surface area contributed by atoms with E-state index in [1.54, 1.807) is 0 Å². The van der Waals surface area contributed by atoms with Gasteiger partial charge < -0.3 is 10.5 Å². The second-order valence-corrected chi connectivity index (χ2v) is 6.31. The molecule has 0 bridgehead atoms. The summed E-state index contributed by atoms with van der Waals surface area (Å²) in [6.45, 7) is 4.36. The Hall–Kier alpha value is -1.39. The van der Waals surface area contributed by atoms with Crippen molar-refractivity contribution in [1.82, 2.24) is 0 Å². The summed E-state index contributed by atoms with van der Waals surface area (Å²) in [4.78, 5) is 0.332. The first-order chi connectivity index (χ1) is 10.0. The molecule has 0 fully saturated rings. The van der Waals surface area contributed by atoms with Gasteiger partial charge in [0.25, 0.3) is 0 Å². The van der Waals surface area contributed by atoms with Crippen LogP contribution >= 0.6 is 28.1 Å². The Balaban J connectivity index is 2.43. The van der Waals surface area contributed by atoms with Crippen molar-refractivity contribution in [2.24, 2.45) is 5.73 Å². The fraction of sp³-hybridized carbons (Fsp3) is 0.235. The number of thiocarbonyl (C=S) groups is 1. The molecule has 2 nitrogen and oxygen atoms in total. The largest absolute Gasteiger partial charge is 0.456 e. The SMILES string of the molecule is CCC(C)c1ccccc1Oc1cc(Br)ccc1C(N)=S. The quantitative estimate of drug-likeness (QED) is 0.723. The molecule has 0 heterocycles. The first-order valence-corrected chi connectivity index (χ1v) is 8.09. The smallest absolute Gasteiger partial charge is 0.138 e. The van der Waals surface area contributed by atoms with Crippen LogP contribution < -0.4 is 10.5 Å². The van der Waals surface area contributed by atoms with E-state index in [2.05, 4.69) is 35.8 Å². The zero-order chi connectivity index (χ0) is 15.4. The Morgan fingerprint density at radius 1 is 1.24 bits per heavy atom. The molecule has 0 aliphatic carbocycles. The standard InChI is InChI=1S/C17H18BrNOS/c1-3-11(2)13-6-4-5-7-15(13)20-16-10-12(18)8-9-14(16)17(19)21/h4-11H,3H2,1-2H3,(H2,19,21). The van der Waals surface area contributed by atoms with Crippen LogP contribution in [0.15, 0.2) is 46.9 Å². The second kappa shape index (κ2) is 7.05. The molecule has 0 amide bonds. The van der Waals surface area contributed by atoms with Gasteiger partial charge in [-0.1, -0.05) is 60.2 Å². The third-order valence-corrected chi connectivity index (χ3v) is 4.20. The maximum absolute atomic E-state index is 6.11. The van der Waals surface area contributed by atoms with Gasteiger partial charge in [0.1, 0.15) is 16.5 Å². The number of benzene rings is 2. The van der Waals surface area contributed by atoms with Crippen molar-refractivity contribution in [2.45, 2.75) is 26.2 Å². The van der Waals surface area contributed by atoms with E-state index in [9.17, 15) is 0 Å². The highest BCUT2D eigenvalue weighted by Gasteiger charge is 2.13. The van der Waals surface area contributed by atoms with Crippen LogP contribution in [0, 0.1) is 0 Å². The van der Waals surface area contributed by atoms with Crippen molar-refractivity contribution >= 4 is 33.1 Å². The highest BCUT2D eigenvalue weighted by Crippen LogP contribution is 2.34. The summed E-state index contributed by atoms with van der Waals surface area (Å²) in [5.74, 6) is 1.96. The first kappa shape index (κ1) is 16.0. The Morgan fingerprint density at radius 3 is 2.62 bits per heavy atom. The third kappa shape index (κ3) is 3.83. The van der Waals surface area contributed by atoms with E-state index < -0.39 is 0 Å². The highest BCUT2D eigenvalue weighted by molar-refractivity contribution is 9.10. The fourth-order valence-electron chi connectivity index (χ4n) is 2.10. The number of ether oxygens (including phenoxy) is 1. The lowest BCUT2D eigenvalue weighted by Gasteiger charge is -2.17. The first-order valence-electron chi connectivity index (χ1n) is 6.89. The van der Waals surface area contributed by atoms with Gasteiger partial charge in [-0.15, -0.1) is 0 Å². The predicted molar refractivity (Wildman–Crippen MR) is 95.3 cm³/mol. The van der Waals surface area contributed by atoms with Crippen LogP contribution in [0.5, 0.6) is 11.5 Å². The molecule has 0 saturated carbocycles. The molecule has 110 valence electrons. The molecule has 0 saturated heterocycles. The fourth-order valence-corrected chi connectivity index (χ4v) is 2.61. The minimum atomic E-state index is 0.332. The van der Waals surface area contributed by atoms with Crippen molar-refractivity contribution in [3.8, 4) is 11.5 Å². The Kier molecular flexibility index (Phi) is 5.37. The molecule has 2 aromatic rings. The number of hydrogen-bond donors (Lipinski definition) is 1. The average molecular weight is 364 g/mol. The van der Waals surface area contributed by atoms with Crippen LogP contribution in [0.2, 0.25) is 0 Å². The minimum absolute atomic E-state index is 0.332. The van der Waals surface area contributed by atoms with E-state index in [-0.39, 0.29) is 0 Å². The number of hydrogen-bond acceptors (Lipinski definition) is 2. The molecule has 2 rings (SSSR count). The molecular weight excluding hydrogens is 346 g/mol. The number of nitrogens with two attached hydrogens (primary N) is 1. The van der Waals surface area contributed by atoms with Gasteiger partial charge in [0, 0.05) is 4.47 Å². The summed E-state index contributed by atoms with van der Waals surface area (Å²) in [5, 5.41) is 0. The third-order valence-electron chi connectivity index (χ3n) is 3.49. The van der Waals surface area contributed by atoms with Gasteiger partial charge in [-0.2, -0.15) is 0 Å². The maximum atomic E-state index is 6.11. The summed E-state index contributed by atoms with van der Waals surface area (Å²) < 4.78 is 7.04. The van der Waals surface area contributed by atoms with Gasteiger partial charge in [-0.05, 0) is 42.2 Å². The van der Waals surface area contributed by atoms with E-state index in [0.29, 0.717) is 16.7 Å². The summed E-state index contributed by atoms with van der Waals surface area (Å²) in [6, 6.07) is 13.7. The molecule has 1 unspecified atom stereocenters. The lowest BCUT2D eigenvalue weighted by molar-refractivity contribution is 0.469. The van der Waals surface area contributed by atoms with Gasteiger partial charge in [-0.3, -0.25) is 0 Å². The molecular formula is C17H18BrNOS. The molecule has 0 aromatic heterocycles. The Labute approximate surface area is 139 Å². The predicted octanol–water partition coefficient (Wildman–Crippen LogP) is 5.39. The molecule has 2 N–H and O–H groups in total. The topological polar surface area (TPSA) is 35.2 Å². The highest BCUT2D eigenvalue weighted by atomic mass is 79.9. The second-order valence-electron chi connectivity index (χ2n) is 4.95. The molecule has 21 heavy (non-hydrogen) atoms.